The number of carbonyl (C=O) groups excluding carboxylic acids is 1. The smallest absolute Gasteiger partial charge is 0.254 e. The summed E-state index contributed by atoms with van der Waals surface area (Å²) < 4.78 is 13.7. The third-order valence-electron chi connectivity index (χ3n) is 4.89. The molecule has 1 atom stereocenters. The van der Waals surface area contributed by atoms with E-state index in [2.05, 4.69) is 5.16 Å². The third-order valence-corrected chi connectivity index (χ3v) is 5.12. The van der Waals surface area contributed by atoms with Crippen molar-refractivity contribution in [2.45, 2.75) is 19.1 Å². The van der Waals surface area contributed by atoms with Gasteiger partial charge in [-0.05, 0) is 41.5 Å². The average Bonchev–Trinajstić information content (AvgIpc) is 3.22. The van der Waals surface area contributed by atoms with Crippen molar-refractivity contribution in [3.8, 4) is 0 Å². The summed E-state index contributed by atoms with van der Waals surface area (Å²) in [6, 6.07) is 22.8. The second-order valence-corrected chi connectivity index (χ2v) is 7.60. The molecule has 30 heavy (non-hydrogen) atoms. The SMILES string of the molecule is O=C(c1cccc(F)c1)N(Cc1cccc(Cl)c1)CC1CC(c2ccccc2)=NO1. The maximum atomic E-state index is 13.7. The minimum absolute atomic E-state index is 0.272. The minimum Gasteiger partial charge on any atom is -0.390 e. The fourth-order valence-electron chi connectivity index (χ4n) is 3.45. The normalized spacial score (nSPS) is 15.4. The molecule has 0 saturated heterocycles. The van der Waals surface area contributed by atoms with E-state index < -0.39 is 5.82 Å². The molecule has 1 heterocycles. The summed E-state index contributed by atoms with van der Waals surface area (Å²) in [6.45, 7) is 0.651. The Morgan fingerprint density at radius 2 is 1.87 bits per heavy atom. The van der Waals surface area contributed by atoms with E-state index in [9.17, 15) is 9.18 Å². The van der Waals surface area contributed by atoms with E-state index in [1.807, 2.05) is 48.5 Å². The molecule has 4 nitrogen and oxygen atoms in total. The van der Waals surface area contributed by atoms with E-state index in [0.29, 0.717) is 30.1 Å². The summed E-state index contributed by atoms with van der Waals surface area (Å²) in [7, 11) is 0. The molecule has 0 radical (unpaired) electrons. The lowest BCUT2D eigenvalue weighted by Crippen LogP contribution is -2.37. The number of benzene rings is 3. The fraction of sp³-hybridized carbons (Fsp3) is 0.167. The molecule has 0 aliphatic carbocycles. The highest BCUT2D eigenvalue weighted by atomic mass is 35.5. The predicted molar refractivity (Wildman–Crippen MR) is 115 cm³/mol. The molecule has 1 amide bonds. The molecule has 0 bridgehead atoms. The maximum absolute atomic E-state index is 13.7. The van der Waals surface area contributed by atoms with Gasteiger partial charge in [0.2, 0.25) is 0 Å². The first-order chi connectivity index (χ1) is 14.6. The molecule has 152 valence electrons. The van der Waals surface area contributed by atoms with Crippen molar-refractivity contribution < 1.29 is 14.0 Å². The summed E-state index contributed by atoms with van der Waals surface area (Å²) in [5, 5.41) is 4.80. The highest BCUT2D eigenvalue weighted by Crippen LogP contribution is 2.21. The first-order valence-corrected chi connectivity index (χ1v) is 10.0. The molecule has 1 aliphatic heterocycles. The van der Waals surface area contributed by atoms with Gasteiger partial charge < -0.3 is 9.74 Å². The van der Waals surface area contributed by atoms with Crippen LogP contribution >= 0.6 is 11.6 Å². The molecule has 4 rings (SSSR count). The zero-order valence-corrected chi connectivity index (χ0v) is 16.9. The Balaban J connectivity index is 1.52. The number of amides is 1. The van der Waals surface area contributed by atoms with Gasteiger partial charge in [-0.1, -0.05) is 65.3 Å². The van der Waals surface area contributed by atoms with Gasteiger partial charge >= 0.3 is 0 Å². The van der Waals surface area contributed by atoms with E-state index in [-0.39, 0.29) is 12.0 Å². The van der Waals surface area contributed by atoms with Crippen LogP contribution in [0.2, 0.25) is 5.02 Å². The maximum Gasteiger partial charge on any atom is 0.254 e. The van der Waals surface area contributed by atoms with Gasteiger partial charge in [0.1, 0.15) is 5.82 Å². The molecular formula is C24H20ClFN2O2. The van der Waals surface area contributed by atoms with Gasteiger partial charge in [0.15, 0.2) is 6.10 Å². The van der Waals surface area contributed by atoms with Crippen molar-refractivity contribution in [3.05, 3.63) is 106 Å². The Morgan fingerprint density at radius 1 is 1.07 bits per heavy atom. The summed E-state index contributed by atoms with van der Waals surface area (Å²) in [4.78, 5) is 20.4. The molecule has 0 saturated carbocycles. The van der Waals surface area contributed by atoms with E-state index >= 15 is 0 Å². The van der Waals surface area contributed by atoms with Gasteiger partial charge in [0.05, 0.1) is 12.3 Å². The Hall–Kier alpha value is -3.18. The lowest BCUT2D eigenvalue weighted by Gasteiger charge is -2.25. The fourth-order valence-corrected chi connectivity index (χ4v) is 3.67. The Bertz CT molecular complexity index is 1070. The van der Waals surface area contributed by atoms with E-state index in [1.54, 1.807) is 17.0 Å². The first kappa shape index (κ1) is 20.1. The molecule has 6 heteroatoms. The Morgan fingerprint density at radius 3 is 2.63 bits per heavy atom. The lowest BCUT2D eigenvalue weighted by atomic mass is 10.0. The number of hydrogen-bond donors (Lipinski definition) is 0. The molecule has 1 aliphatic rings. The predicted octanol–water partition coefficient (Wildman–Crippen LogP) is 5.31. The van der Waals surface area contributed by atoms with Crippen LogP contribution in [0.3, 0.4) is 0 Å². The molecule has 0 N–H and O–H groups in total. The quantitative estimate of drug-likeness (QED) is 0.540. The number of hydrogen-bond acceptors (Lipinski definition) is 3. The standard InChI is InChI=1S/C24H20ClFN2O2/c25-20-10-4-6-17(12-20)15-28(24(29)19-9-5-11-21(26)13-19)16-22-14-23(27-30-22)18-7-2-1-3-8-18/h1-13,22H,14-16H2. The van der Waals surface area contributed by atoms with Crippen LogP contribution in [-0.2, 0) is 11.4 Å². The second-order valence-electron chi connectivity index (χ2n) is 7.16. The van der Waals surface area contributed by atoms with Gasteiger partial charge in [0, 0.05) is 23.6 Å². The van der Waals surface area contributed by atoms with Crippen LogP contribution in [0.1, 0.15) is 27.9 Å². The third kappa shape index (κ3) is 4.86. The second kappa shape index (κ2) is 9.09. The van der Waals surface area contributed by atoms with E-state index in [1.165, 1.54) is 18.2 Å². The minimum atomic E-state index is -0.449. The molecule has 3 aromatic rings. The first-order valence-electron chi connectivity index (χ1n) is 9.66. The van der Waals surface area contributed by atoms with Crippen molar-refractivity contribution in [3.63, 3.8) is 0 Å². The van der Waals surface area contributed by atoms with Gasteiger partial charge in [-0.2, -0.15) is 0 Å². The number of nitrogens with zero attached hydrogens (tertiary/aromatic N) is 2. The highest BCUT2D eigenvalue weighted by Gasteiger charge is 2.27. The number of halogens is 2. The van der Waals surface area contributed by atoms with Crippen molar-refractivity contribution in [2.75, 3.05) is 6.54 Å². The van der Waals surface area contributed by atoms with Gasteiger partial charge in [-0.15, -0.1) is 0 Å². The van der Waals surface area contributed by atoms with Gasteiger partial charge in [0.25, 0.3) is 5.91 Å². The van der Waals surface area contributed by atoms with E-state index in [0.717, 1.165) is 16.8 Å². The number of carbonyl (C=O) groups is 1. The summed E-state index contributed by atoms with van der Waals surface area (Å²) >= 11 is 6.11. The zero-order chi connectivity index (χ0) is 20.9. The summed E-state index contributed by atoms with van der Waals surface area (Å²) in [5.74, 6) is -0.721. The lowest BCUT2D eigenvalue weighted by molar-refractivity contribution is 0.0405. The summed E-state index contributed by atoms with van der Waals surface area (Å²) in [5.41, 5.74) is 3.02. The van der Waals surface area contributed by atoms with Crippen LogP contribution in [0.5, 0.6) is 0 Å². The van der Waals surface area contributed by atoms with Crippen LogP contribution < -0.4 is 0 Å². The van der Waals surface area contributed by atoms with Gasteiger partial charge in [-0.25, -0.2) is 4.39 Å². The Labute approximate surface area is 179 Å². The molecule has 1 unspecified atom stereocenters. The molecule has 0 aromatic heterocycles. The van der Waals surface area contributed by atoms with Crippen LogP contribution in [0.25, 0.3) is 0 Å². The molecular weight excluding hydrogens is 403 g/mol. The van der Waals surface area contributed by atoms with Crippen LogP contribution in [0.4, 0.5) is 4.39 Å². The van der Waals surface area contributed by atoms with Crippen molar-refractivity contribution in [1.29, 1.82) is 0 Å². The van der Waals surface area contributed by atoms with Crippen molar-refractivity contribution in [1.82, 2.24) is 4.90 Å². The largest absolute Gasteiger partial charge is 0.390 e. The zero-order valence-electron chi connectivity index (χ0n) is 16.2. The van der Waals surface area contributed by atoms with Crippen molar-refractivity contribution >= 4 is 23.2 Å². The highest BCUT2D eigenvalue weighted by molar-refractivity contribution is 6.30. The molecule has 0 spiro atoms. The number of oxime groups is 1. The average molecular weight is 423 g/mol. The van der Waals surface area contributed by atoms with Crippen LogP contribution in [0, 0.1) is 5.82 Å². The van der Waals surface area contributed by atoms with E-state index in [4.69, 9.17) is 16.4 Å². The topological polar surface area (TPSA) is 41.9 Å². The monoisotopic (exact) mass is 422 g/mol. The van der Waals surface area contributed by atoms with Gasteiger partial charge in [-0.3, -0.25) is 4.79 Å². The van der Waals surface area contributed by atoms with Crippen molar-refractivity contribution in [2.24, 2.45) is 5.16 Å². The summed E-state index contributed by atoms with van der Waals surface area (Å²) in [6.07, 6.45) is 0.309. The van der Waals surface area contributed by atoms with Crippen LogP contribution in [-0.4, -0.2) is 29.2 Å². The Kier molecular flexibility index (Phi) is 6.10. The number of rotatable bonds is 6. The molecule has 3 aromatic carbocycles. The molecule has 0 fully saturated rings. The van der Waals surface area contributed by atoms with Crippen LogP contribution in [0.15, 0.2) is 84.0 Å².